The Morgan fingerprint density at radius 2 is 2.00 bits per heavy atom. The van der Waals surface area contributed by atoms with E-state index in [4.69, 9.17) is 8.94 Å². The second-order valence-corrected chi connectivity index (χ2v) is 5.08. The Bertz CT molecular complexity index is 627. The van der Waals surface area contributed by atoms with E-state index in [9.17, 15) is 4.79 Å². The van der Waals surface area contributed by atoms with Crippen molar-refractivity contribution in [3.8, 4) is 0 Å². The molecule has 20 heavy (non-hydrogen) atoms. The lowest BCUT2D eigenvalue weighted by molar-refractivity contribution is 0.0901. The van der Waals surface area contributed by atoms with Crippen molar-refractivity contribution in [1.29, 1.82) is 0 Å². The van der Waals surface area contributed by atoms with E-state index in [1.165, 1.54) is 0 Å². The summed E-state index contributed by atoms with van der Waals surface area (Å²) in [7, 11) is 0. The monoisotopic (exact) mass is 278 g/mol. The van der Waals surface area contributed by atoms with Crippen molar-refractivity contribution in [2.75, 3.05) is 0 Å². The minimum Gasteiger partial charge on any atom is -0.445 e. The van der Waals surface area contributed by atoms with Crippen LogP contribution in [0.4, 0.5) is 0 Å². The van der Waals surface area contributed by atoms with Crippen LogP contribution in [0, 0.1) is 13.8 Å². The second-order valence-electron chi connectivity index (χ2n) is 5.08. The fourth-order valence-corrected chi connectivity index (χ4v) is 1.79. The van der Waals surface area contributed by atoms with Gasteiger partial charge in [-0.05, 0) is 20.8 Å². The molecule has 0 fully saturated rings. The first-order valence-electron chi connectivity index (χ1n) is 6.43. The molecule has 0 bridgehead atoms. The van der Waals surface area contributed by atoms with Crippen LogP contribution in [0.2, 0.25) is 0 Å². The maximum absolute atomic E-state index is 12.2. The summed E-state index contributed by atoms with van der Waals surface area (Å²) in [5.41, 5.74) is -0.484. The summed E-state index contributed by atoms with van der Waals surface area (Å²) in [6, 6.07) is 0. The van der Waals surface area contributed by atoms with Crippen LogP contribution in [0.3, 0.4) is 0 Å². The van der Waals surface area contributed by atoms with Gasteiger partial charge in [0.05, 0.1) is 5.54 Å². The van der Waals surface area contributed by atoms with E-state index >= 15 is 0 Å². The fraction of sp³-hybridized carbons (Fsp3) is 0.538. The highest BCUT2D eigenvalue weighted by Gasteiger charge is 2.30. The lowest BCUT2D eigenvalue weighted by Gasteiger charge is -2.21. The molecule has 108 valence electrons. The first-order valence-corrected chi connectivity index (χ1v) is 6.43. The topological polar surface area (TPSA) is 94.1 Å². The molecule has 0 saturated heterocycles. The predicted molar refractivity (Wildman–Crippen MR) is 70.1 cm³/mol. The van der Waals surface area contributed by atoms with E-state index in [2.05, 4.69) is 20.4 Å². The minimum absolute atomic E-state index is 0.273. The van der Waals surface area contributed by atoms with Crippen LogP contribution in [-0.2, 0) is 12.0 Å². The summed E-state index contributed by atoms with van der Waals surface area (Å²) in [6.45, 7) is 8.92. The normalized spacial score (nSPS) is 11.7. The number of rotatable bonds is 4. The number of hydrogen-bond donors (Lipinski definition) is 1. The molecule has 2 rings (SSSR count). The van der Waals surface area contributed by atoms with Crippen LogP contribution in [0.25, 0.3) is 0 Å². The van der Waals surface area contributed by atoms with Crippen molar-refractivity contribution >= 4 is 5.91 Å². The molecule has 0 spiro atoms. The maximum Gasteiger partial charge on any atom is 0.274 e. The number of amides is 1. The van der Waals surface area contributed by atoms with Gasteiger partial charge in [-0.25, -0.2) is 4.98 Å². The van der Waals surface area contributed by atoms with Gasteiger partial charge in [0.15, 0.2) is 17.4 Å². The molecule has 0 unspecified atom stereocenters. The molecule has 1 N–H and O–H groups in total. The fourth-order valence-electron chi connectivity index (χ4n) is 1.79. The lowest BCUT2D eigenvalue weighted by atomic mass is 10.0. The third-order valence-corrected chi connectivity index (χ3v) is 2.87. The highest BCUT2D eigenvalue weighted by molar-refractivity contribution is 5.93. The summed E-state index contributed by atoms with van der Waals surface area (Å²) >= 11 is 0. The van der Waals surface area contributed by atoms with Crippen molar-refractivity contribution < 1.29 is 13.7 Å². The van der Waals surface area contributed by atoms with Gasteiger partial charge < -0.3 is 14.3 Å². The Labute approximate surface area is 116 Å². The summed E-state index contributed by atoms with van der Waals surface area (Å²) in [5, 5.41) is 6.72. The standard InChI is InChI=1S/C13H18N4O3/c1-6-9-15-12(17-20-9)13(4,5)16-11(18)10-7(2)19-8(3)14-10/h6H2,1-5H3,(H,16,18). The average Bonchev–Trinajstić information content (AvgIpc) is 2.95. The van der Waals surface area contributed by atoms with E-state index in [-0.39, 0.29) is 11.6 Å². The molecule has 0 saturated carbocycles. The molecular formula is C13H18N4O3. The molecule has 0 atom stereocenters. The van der Waals surface area contributed by atoms with Gasteiger partial charge in [0.1, 0.15) is 5.76 Å². The molecule has 0 aliphatic rings. The van der Waals surface area contributed by atoms with Crippen molar-refractivity contribution in [3.05, 3.63) is 29.1 Å². The zero-order chi connectivity index (χ0) is 14.9. The Balaban J connectivity index is 2.19. The van der Waals surface area contributed by atoms with Crippen LogP contribution < -0.4 is 5.32 Å². The summed E-state index contributed by atoms with van der Waals surface area (Å²) in [5.74, 6) is 1.58. The molecular weight excluding hydrogens is 260 g/mol. The molecule has 1 amide bonds. The van der Waals surface area contributed by atoms with E-state index in [1.807, 2.05) is 6.92 Å². The molecule has 2 aromatic heterocycles. The first kappa shape index (κ1) is 14.2. The Morgan fingerprint density at radius 3 is 2.50 bits per heavy atom. The molecule has 7 heteroatoms. The summed E-state index contributed by atoms with van der Waals surface area (Å²) in [6.07, 6.45) is 0.651. The second kappa shape index (κ2) is 5.07. The number of carbonyl (C=O) groups is 1. The highest BCUT2D eigenvalue weighted by Crippen LogP contribution is 2.18. The van der Waals surface area contributed by atoms with Crippen molar-refractivity contribution in [1.82, 2.24) is 20.4 Å². The number of aromatic nitrogens is 3. The van der Waals surface area contributed by atoms with Crippen LogP contribution in [0.5, 0.6) is 0 Å². The van der Waals surface area contributed by atoms with Crippen LogP contribution >= 0.6 is 0 Å². The average molecular weight is 278 g/mol. The molecule has 2 heterocycles. The quantitative estimate of drug-likeness (QED) is 0.918. The predicted octanol–water partition coefficient (Wildman–Crippen LogP) is 1.90. The third-order valence-electron chi connectivity index (χ3n) is 2.87. The van der Waals surface area contributed by atoms with E-state index in [0.29, 0.717) is 29.8 Å². The van der Waals surface area contributed by atoms with Gasteiger partial charge in [-0.15, -0.1) is 0 Å². The van der Waals surface area contributed by atoms with Gasteiger partial charge in [-0.3, -0.25) is 4.79 Å². The molecule has 0 aromatic carbocycles. The van der Waals surface area contributed by atoms with Gasteiger partial charge in [0.2, 0.25) is 5.89 Å². The lowest BCUT2D eigenvalue weighted by Crippen LogP contribution is -2.42. The smallest absolute Gasteiger partial charge is 0.274 e. The van der Waals surface area contributed by atoms with Crippen LogP contribution in [0.15, 0.2) is 8.94 Å². The Hall–Kier alpha value is -2.18. The number of nitrogens with one attached hydrogen (secondary N) is 1. The maximum atomic E-state index is 12.2. The van der Waals surface area contributed by atoms with E-state index in [0.717, 1.165) is 0 Å². The van der Waals surface area contributed by atoms with E-state index in [1.54, 1.807) is 27.7 Å². The molecule has 2 aromatic rings. The van der Waals surface area contributed by atoms with Gasteiger partial charge in [-0.1, -0.05) is 12.1 Å². The number of carbonyl (C=O) groups excluding carboxylic acids is 1. The third kappa shape index (κ3) is 2.71. The number of aryl methyl sites for hydroxylation is 3. The number of nitrogens with zero attached hydrogens (tertiary/aromatic N) is 3. The minimum atomic E-state index is -0.757. The van der Waals surface area contributed by atoms with Crippen LogP contribution in [-0.4, -0.2) is 21.0 Å². The molecule has 0 aliphatic heterocycles. The first-order chi connectivity index (χ1) is 9.33. The summed E-state index contributed by atoms with van der Waals surface area (Å²) in [4.78, 5) is 20.5. The van der Waals surface area contributed by atoms with Gasteiger partial charge in [-0.2, -0.15) is 4.98 Å². The largest absolute Gasteiger partial charge is 0.445 e. The SMILES string of the molecule is CCc1nc(C(C)(C)NC(=O)c2nc(C)oc2C)no1. The molecule has 0 aliphatic carbocycles. The van der Waals surface area contributed by atoms with Crippen molar-refractivity contribution in [2.24, 2.45) is 0 Å². The Morgan fingerprint density at radius 1 is 1.30 bits per heavy atom. The van der Waals surface area contributed by atoms with Gasteiger partial charge >= 0.3 is 0 Å². The zero-order valence-electron chi connectivity index (χ0n) is 12.3. The van der Waals surface area contributed by atoms with Crippen molar-refractivity contribution in [2.45, 2.75) is 46.6 Å². The Kier molecular flexibility index (Phi) is 3.61. The molecule has 7 nitrogen and oxygen atoms in total. The number of oxazole rings is 1. The highest BCUT2D eigenvalue weighted by atomic mass is 16.5. The number of hydrogen-bond acceptors (Lipinski definition) is 6. The van der Waals surface area contributed by atoms with E-state index < -0.39 is 5.54 Å². The zero-order valence-corrected chi connectivity index (χ0v) is 12.3. The van der Waals surface area contributed by atoms with Crippen LogP contribution in [0.1, 0.15) is 54.6 Å². The van der Waals surface area contributed by atoms with Gasteiger partial charge in [0.25, 0.3) is 5.91 Å². The summed E-state index contributed by atoms with van der Waals surface area (Å²) < 4.78 is 10.3. The van der Waals surface area contributed by atoms with Crippen molar-refractivity contribution in [3.63, 3.8) is 0 Å². The van der Waals surface area contributed by atoms with Gasteiger partial charge in [0, 0.05) is 13.3 Å². The molecule has 0 radical (unpaired) electrons.